The molecule has 2 N–H and O–H groups in total. The molecular formula is C14H26N2O. The molecule has 0 aromatic heterocycles. The van der Waals surface area contributed by atoms with E-state index in [0.717, 1.165) is 11.8 Å². The summed E-state index contributed by atoms with van der Waals surface area (Å²) >= 11 is 0. The topological polar surface area (TPSA) is 41.1 Å². The maximum absolute atomic E-state index is 11.7. The Morgan fingerprint density at radius 1 is 1.41 bits per heavy atom. The van der Waals surface area contributed by atoms with Gasteiger partial charge >= 0.3 is 0 Å². The van der Waals surface area contributed by atoms with Crippen molar-refractivity contribution in [3.63, 3.8) is 0 Å². The highest BCUT2D eigenvalue weighted by Gasteiger charge is 2.26. The molecule has 1 rings (SSSR count). The van der Waals surface area contributed by atoms with Crippen LogP contribution in [0.15, 0.2) is 12.7 Å². The summed E-state index contributed by atoms with van der Waals surface area (Å²) < 4.78 is 0. The molecule has 4 unspecified atom stereocenters. The van der Waals surface area contributed by atoms with Gasteiger partial charge in [-0.05, 0) is 38.0 Å². The molecule has 0 saturated heterocycles. The Labute approximate surface area is 105 Å². The smallest absolute Gasteiger partial charge is 0.237 e. The van der Waals surface area contributed by atoms with Crippen LogP contribution in [0, 0.1) is 11.8 Å². The van der Waals surface area contributed by atoms with Crippen molar-refractivity contribution in [2.24, 2.45) is 11.8 Å². The molecule has 0 aromatic carbocycles. The van der Waals surface area contributed by atoms with Gasteiger partial charge in [0, 0.05) is 12.6 Å². The summed E-state index contributed by atoms with van der Waals surface area (Å²) in [7, 11) is 0. The molecule has 0 bridgehead atoms. The van der Waals surface area contributed by atoms with Crippen molar-refractivity contribution < 1.29 is 4.79 Å². The second kappa shape index (κ2) is 6.80. The van der Waals surface area contributed by atoms with Crippen LogP contribution in [-0.4, -0.2) is 24.5 Å². The van der Waals surface area contributed by atoms with Crippen molar-refractivity contribution in [1.29, 1.82) is 0 Å². The van der Waals surface area contributed by atoms with Crippen LogP contribution >= 0.6 is 0 Å². The monoisotopic (exact) mass is 238 g/mol. The molecule has 0 aromatic rings. The highest BCUT2D eigenvalue weighted by molar-refractivity contribution is 5.81. The van der Waals surface area contributed by atoms with Gasteiger partial charge in [-0.2, -0.15) is 0 Å². The standard InChI is InChI=1S/C14H26N2O/c1-5-8-15-14(17)12(4)16-13-7-6-10(2)11(3)9-13/h5,10-13,16H,1,6-9H2,2-4H3,(H,15,17). The molecule has 1 amide bonds. The Morgan fingerprint density at radius 3 is 2.71 bits per heavy atom. The first-order valence-electron chi connectivity index (χ1n) is 6.69. The van der Waals surface area contributed by atoms with Crippen LogP contribution in [0.4, 0.5) is 0 Å². The fourth-order valence-electron chi connectivity index (χ4n) is 2.45. The zero-order valence-electron chi connectivity index (χ0n) is 11.3. The largest absolute Gasteiger partial charge is 0.351 e. The molecule has 1 fully saturated rings. The predicted octanol–water partition coefficient (Wildman–Crippen LogP) is 2.09. The highest BCUT2D eigenvalue weighted by Crippen LogP contribution is 2.29. The van der Waals surface area contributed by atoms with E-state index in [1.54, 1.807) is 6.08 Å². The van der Waals surface area contributed by atoms with Crippen molar-refractivity contribution in [1.82, 2.24) is 10.6 Å². The van der Waals surface area contributed by atoms with Gasteiger partial charge in [0.1, 0.15) is 0 Å². The van der Waals surface area contributed by atoms with Gasteiger partial charge in [0.2, 0.25) is 5.91 Å². The van der Waals surface area contributed by atoms with Crippen molar-refractivity contribution >= 4 is 5.91 Å². The van der Waals surface area contributed by atoms with Crippen LogP contribution in [0.25, 0.3) is 0 Å². The second-order valence-electron chi connectivity index (χ2n) is 5.39. The summed E-state index contributed by atoms with van der Waals surface area (Å²) in [5.74, 6) is 1.64. The molecule has 0 aliphatic heterocycles. The third-order valence-electron chi connectivity index (χ3n) is 3.90. The zero-order valence-corrected chi connectivity index (χ0v) is 11.3. The van der Waals surface area contributed by atoms with Crippen LogP contribution in [0.1, 0.15) is 40.0 Å². The molecule has 1 saturated carbocycles. The predicted molar refractivity (Wildman–Crippen MR) is 71.8 cm³/mol. The number of carbonyl (C=O) groups is 1. The van der Waals surface area contributed by atoms with E-state index in [0.29, 0.717) is 12.6 Å². The van der Waals surface area contributed by atoms with Crippen LogP contribution in [0.3, 0.4) is 0 Å². The van der Waals surface area contributed by atoms with Crippen molar-refractivity contribution in [2.75, 3.05) is 6.54 Å². The summed E-state index contributed by atoms with van der Waals surface area (Å²) in [6.07, 6.45) is 5.33. The molecule has 0 heterocycles. The lowest BCUT2D eigenvalue weighted by molar-refractivity contribution is -0.122. The van der Waals surface area contributed by atoms with Crippen molar-refractivity contribution in [3.05, 3.63) is 12.7 Å². The molecule has 1 aliphatic rings. The minimum atomic E-state index is -0.111. The maximum atomic E-state index is 11.7. The summed E-state index contributed by atoms with van der Waals surface area (Å²) in [6.45, 7) is 10.7. The number of carbonyl (C=O) groups excluding carboxylic acids is 1. The normalized spacial score (nSPS) is 30.6. The fraction of sp³-hybridized carbons (Fsp3) is 0.786. The van der Waals surface area contributed by atoms with E-state index >= 15 is 0 Å². The average Bonchev–Trinajstić information content (AvgIpc) is 2.30. The van der Waals surface area contributed by atoms with E-state index in [9.17, 15) is 4.79 Å². The summed E-state index contributed by atoms with van der Waals surface area (Å²) in [6, 6.07) is 0.381. The Hall–Kier alpha value is -0.830. The SMILES string of the molecule is C=CCNC(=O)C(C)NC1CCC(C)C(C)C1. The molecule has 4 atom stereocenters. The Balaban J connectivity index is 2.33. The van der Waals surface area contributed by atoms with E-state index < -0.39 is 0 Å². The third kappa shape index (κ3) is 4.50. The Morgan fingerprint density at radius 2 is 2.12 bits per heavy atom. The minimum Gasteiger partial charge on any atom is -0.351 e. The molecule has 0 radical (unpaired) electrons. The Bertz CT molecular complexity index is 265. The van der Waals surface area contributed by atoms with Crippen molar-refractivity contribution in [3.8, 4) is 0 Å². The molecule has 1 aliphatic carbocycles. The first-order chi connectivity index (χ1) is 8.04. The van der Waals surface area contributed by atoms with Crippen LogP contribution in [0.5, 0.6) is 0 Å². The zero-order chi connectivity index (χ0) is 12.8. The summed E-state index contributed by atoms with van der Waals surface area (Å²) in [5.41, 5.74) is 0. The van der Waals surface area contributed by atoms with Gasteiger partial charge in [-0.3, -0.25) is 4.79 Å². The van der Waals surface area contributed by atoms with Crippen molar-refractivity contribution in [2.45, 2.75) is 52.1 Å². The summed E-state index contributed by atoms with van der Waals surface area (Å²) in [4.78, 5) is 11.7. The molecule has 3 heteroatoms. The van der Waals surface area contributed by atoms with E-state index in [2.05, 4.69) is 31.1 Å². The third-order valence-corrected chi connectivity index (χ3v) is 3.90. The summed E-state index contributed by atoms with van der Waals surface area (Å²) in [5, 5.41) is 6.25. The van der Waals surface area contributed by atoms with Gasteiger partial charge in [-0.25, -0.2) is 0 Å². The first kappa shape index (κ1) is 14.2. The van der Waals surface area contributed by atoms with Gasteiger partial charge < -0.3 is 10.6 Å². The number of amides is 1. The van der Waals surface area contributed by atoms with Gasteiger partial charge in [0.15, 0.2) is 0 Å². The number of nitrogens with one attached hydrogen (secondary N) is 2. The molecule has 17 heavy (non-hydrogen) atoms. The first-order valence-corrected chi connectivity index (χ1v) is 6.69. The van der Waals surface area contributed by atoms with Crippen LogP contribution in [0.2, 0.25) is 0 Å². The number of rotatable bonds is 5. The van der Waals surface area contributed by atoms with E-state index in [1.807, 2.05) is 6.92 Å². The molecule has 3 nitrogen and oxygen atoms in total. The molecule has 0 spiro atoms. The van der Waals surface area contributed by atoms with E-state index in [1.165, 1.54) is 19.3 Å². The minimum absolute atomic E-state index is 0.0659. The van der Waals surface area contributed by atoms with Crippen LogP contribution < -0.4 is 10.6 Å². The molecular weight excluding hydrogens is 212 g/mol. The second-order valence-corrected chi connectivity index (χ2v) is 5.39. The van der Waals surface area contributed by atoms with Gasteiger partial charge in [-0.1, -0.05) is 19.9 Å². The Kier molecular flexibility index (Phi) is 5.69. The number of hydrogen-bond acceptors (Lipinski definition) is 2. The van der Waals surface area contributed by atoms with E-state index in [-0.39, 0.29) is 11.9 Å². The quantitative estimate of drug-likeness (QED) is 0.720. The maximum Gasteiger partial charge on any atom is 0.237 e. The van der Waals surface area contributed by atoms with Gasteiger partial charge in [0.05, 0.1) is 6.04 Å². The van der Waals surface area contributed by atoms with E-state index in [4.69, 9.17) is 0 Å². The number of hydrogen-bond donors (Lipinski definition) is 2. The fourth-order valence-corrected chi connectivity index (χ4v) is 2.45. The average molecular weight is 238 g/mol. The van der Waals surface area contributed by atoms with Gasteiger partial charge in [-0.15, -0.1) is 6.58 Å². The van der Waals surface area contributed by atoms with Gasteiger partial charge in [0.25, 0.3) is 0 Å². The lowest BCUT2D eigenvalue weighted by Gasteiger charge is -2.34. The lowest BCUT2D eigenvalue weighted by atomic mass is 9.79. The lowest BCUT2D eigenvalue weighted by Crippen LogP contribution is -2.48. The highest BCUT2D eigenvalue weighted by atomic mass is 16.2. The molecule has 98 valence electrons. The van der Waals surface area contributed by atoms with Crippen LogP contribution in [-0.2, 0) is 4.79 Å².